The van der Waals surface area contributed by atoms with Gasteiger partial charge in [0.25, 0.3) is 0 Å². The summed E-state index contributed by atoms with van der Waals surface area (Å²) in [6, 6.07) is 3.38. The molecular formula is C26H40N8O5. The van der Waals surface area contributed by atoms with Crippen molar-refractivity contribution in [1.29, 1.82) is 0 Å². The maximum atomic E-state index is 13.5. The third-order valence-corrected chi connectivity index (χ3v) is 6.60. The first kappa shape index (κ1) is 31.1. The standard InChI is InChI=1S/C26H40N8O5/c1-4-14(2)21(27)24(37)34-20(12-16-13-31-18-9-6-5-8-17(16)18)23(36)33-19(10-7-11-30-26(28)29)22(35)32-15(3)25(38)39/h5-6,8-9,13-15,19-21,31H,4,7,10-12,27H2,1-3H3,(H,32,35)(H,33,36)(H,34,37)(H,38,39)(H4,28,29,30). The minimum Gasteiger partial charge on any atom is -0.480 e. The van der Waals surface area contributed by atoms with Crippen LogP contribution in [0.5, 0.6) is 0 Å². The molecule has 13 nitrogen and oxygen atoms in total. The number of benzene rings is 1. The summed E-state index contributed by atoms with van der Waals surface area (Å²) in [6.07, 6.45) is 3.02. The monoisotopic (exact) mass is 544 g/mol. The zero-order valence-corrected chi connectivity index (χ0v) is 22.6. The lowest BCUT2D eigenvalue weighted by Crippen LogP contribution is -2.58. The molecule has 0 spiro atoms. The fourth-order valence-electron chi connectivity index (χ4n) is 3.93. The van der Waals surface area contributed by atoms with Gasteiger partial charge in [0.15, 0.2) is 5.96 Å². The van der Waals surface area contributed by atoms with Gasteiger partial charge in [-0.15, -0.1) is 0 Å². The number of carbonyl (C=O) groups excluding carboxylic acids is 3. The number of nitrogens with one attached hydrogen (secondary N) is 4. The Labute approximate surface area is 227 Å². The van der Waals surface area contributed by atoms with Gasteiger partial charge in [-0.3, -0.25) is 24.2 Å². The van der Waals surface area contributed by atoms with Gasteiger partial charge >= 0.3 is 5.97 Å². The normalized spacial score (nSPS) is 14.9. The highest BCUT2D eigenvalue weighted by molar-refractivity contribution is 5.94. The number of hydrogen-bond acceptors (Lipinski definition) is 6. The number of nitrogens with two attached hydrogens (primary N) is 3. The lowest BCUT2D eigenvalue weighted by atomic mass is 9.98. The van der Waals surface area contributed by atoms with E-state index in [4.69, 9.17) is 17.2 Å². The van der Waals surface area contributed by atoms with Crippen molar-refractivity contribution in [1.82, 2.24) is 20.9 Å². The van der Waals surface area contributed by atoms with Crippen LogP contribution in [0, 0.1) is 5.92 Å². The molecule has 3 amide bonds. The van der Waals surface area contributed by atoms with Crippen LogP contribution in [0.15, 0.2) is 35.5 Å². The van der Waals surface area contributed by atoms with E-state index in [1.807, 2.05) is 38.1 Å². The fraction of sp³-hybridized carbons (Fsp3) is 0.500. The molecule has 0 fully saturated rings. The molecule has 0 radical (unpaired) electrons. The Balaban J connectivity index is 2.30. The van der Waals surface area contributed by atoms with Crippen molar-refractivity contribution in [3.05, 3.63) is 36.0 Å². The number of aliphatic carboxylic acids is 1. The predicted octanol–water partition coefficient (Wildman–Crippen LogP) is -0.304. The van der Waals surface area contributed by atoms with E-state index in [-0.39, 0.29) is 31.3 Å². The molecule has 2 rings (SSSR count). The average molecular weight is 545 g/mol. The molecule has 13 heteroatoms. The van der Waals surface area contributed by atoms with E-state index in [2.05, 4.69) is 25.9 Å². The third-order valence-electron chi connectivity index (χ3n) is 6.60. The van der Waals surface area contributed by atoms with Crippen LogP contribution >= 0.6 is 0 Å². The van der Waals surface area contributed by atoms with Gasteiger partial charge in [0, 0.05) is 30.1 Å². The summed E-state index contributed by atoms with van der Waals surface area (Å²) in [7, 11) is 0. The predicted molar refractivity (Wildman–Crippen MR) is 148 cm³/mol. The second kappa shape index (κ2) is 14.7. The van der Waals surface area contributed by atoms with E-state index < -0.39 is 47.9 Å². The van der Waals surface area contributed by atoms with E-state index in [0.717, 1.165) is 16.5 Å². The summed E-state index contributed by atoms with van der Waals surface area (Å²) in [5.74, 6) is -3.24. The Morgan fingerprint density at radius 2 is 1.64 bits per heavy atom. The number of aromatic nitrogens is 1. The first-order chi connectivity index (χ1) is 18.4. The van der Waals surface area contributed by atoms with E-state index in [0.29, 0.717) is 12.8 Å². The first-order valence-electron chi connectivity index (χ1n) is 12.9. The number of nitrogens with zero attached hydrogens (tertiary/aromatic N) is 1. The lowest BCUT2D eigenvalue weighted by molar-refractivity contribution is -0.141. The fourth-order valence-corrected chi connectivity index (χ4v) is 3.93. The maximum Gasteiger partial charge on any atom is 0.325 e. The molecule has 1 aromatic carbocycles. The molecular weight excluding hydrogens is 504 g/mol. The highest BCUT2D eigenvalue weighted by Crippen LogP contribution is 2.19. The van der Waals surface area contributed by atoms with Crippen LogP contribution in [-0.2, 0) is 25.6 Å². The van der Waals surface area contributed by atoms with E-state index in [1.54, 1.807) is 6.20 Å². The van der Waals surface area contributed by atoms with Crippen LogP contribution in [0.4, 0.5) is 0 Å². The summed E-state index contributed by atoms with van der Waals surface area (Å²) >= 11 is 0. The Hall–Kier alpha value is -4.13. The minimum absolute atomic E-state index is 0.112. The van der Waals surface area contributed by atoms with Gasteiger partial charge in [-0.25, -0.2) is 0 Å². The van der Waals surface area contributed by atoms with Crippen LogP contribution in [0.1, 0.15) is 45.6 Å². The molecule has 11 N–H and O–H groups in total. The van der Waals surface area contributed by atoms with Crippen molar-refractivity contribution in [2.75, 3.05) is 6.54 Å². The number of hydrogen-bond donors (Lipinski definition) is 8. The van der Waals surface area contributed by atoms with E-state index >= 15 is 0 Å². The highest BCUT2D eigenvalue weighted by atomic mass is 16.4. The number of para-hydroxylation sites is 1. The molecule has 214 valence electrons. The van der Waals surface area contributed by atoms with Crippen molar-refractivity contribution in [3.63, 3.8) is 0 Å². The molecule has 0 aliphatic heterocycles. The number of guanidine groups is 1. The third kappa shape index (κ3) is 9.28. The van der Waals surface area contributed by atoms with Gasteiger partial charge in [0.05, 0.1) is 6.04 Å². The SMILES string of the molecule is CCC(C)C(N)C(=O)NC(Cc1c[nH]c2ccccc12)C(=O)NC(CCCN=C(N)N)C(=O)NC(C)C(=O)O. The summed E-state index contributed by atoms with van der Waals surface area (Å²) < 4.78 is 0. The lowest BCUT2D eigenvalue weighted by Gasteiger charge is -2.26. The number of H-pyrrole nitrogens is 1. The first-order valence-corrected chi connectivity index (χ1v) is 12.9. The topological polar surface area (TPSA) is 231 Å². The van der Waals surface area contributed by atoms with Crippen LogP contribution < -0.4 is 33.2 Å². The van der Waals surface area contributed by atoms with Gasteiger partial charge in [0.2, 0.25) is 17.7 Å². The molecule has 1 aromatic heterocycles. The molecule has 0 aliphatic carbocycles. The maximum absolute atomic E-state index is 13.5. The van der Waals surface area contributed by atoms with Gasteiger partial charge in [-0.05, 0) is 37.3 Å². The molecule has 0 bridgehead atoms. The Kier molecular flexibility index (Phi) is 11.7. The van der Waals surface area contributed by atoms with Crippen molar-refractivity contribution in [2.24, 2.45) is 28.1 Å². The zero-order chi connectivity index (χ0) is 29.1. The highest BCUT2D eigenvalue weighted by Gasteiger charge is 2.30. The number of amides is 3. The number of rotatable bonds is 15. The number of carboxylic acid groups (broad SMARTS) is 1. The average Bonchev–Trinajstić information content (AvgIpc) is 3.31. The molecule has 0 saturated heterocycles. The van der Waals surface area contributed by atoms with Gasteiger partial charge in [0.1, 0.15) is 18.1 Å². The van der Waals surface area contributed by atoms with E-state index in [1.165, 1.54) is 6.92 Å². The Bertz CT molecular complexity index is 1180. The number of aromatic amines is 1. The Morgan fingerprint density at radius 1 is 1.00 bits per heavy atom. The quantitative estimate of drug-likeness (QED) is 0.0840. The second-order valence-electron chi connectivity index (χ2n) is 9.61. The van der Waals surface area contributed by atoms with Crippen LogP contribution in [0.25, 0.3) is 10.9 Å². The van der Waals surface area contributed by atoms with E-state index in [9.17, 15) is 24.3 Å². The molecule has 2 aromatic rings. The molecule has 1 heterocycles. The minimum atomic E-state index is -1.22. The van der Waals surface area contributed by atoms with Crippen molar-refractivity contribution in [2.45, 2.75) is 70.6 Å². The largest absolute Gasteiger partial charge is 0.480 e. The van der Waals surface area contributed by atoms with Crippen molar-refractivity contribution in [3.8, 4) is 0 Å². The Morgan fingerprint density at radius 3 is 2.28 bits per heavy atom. The summed E-state index contributed by atoms with van der Waals surface area (Å²) in [4.78, 5) is 57.7. The number of carbonyl (C=O) groups is 4. The van der Waals surface area contributed by atoms with Gasteiger partial charge in [-0.1, -0.05) is 38.5 Å². The van der Waals surface area contributed by atoms with Gasteiger partial charge in [-0.2, -0.15) is 0 Å². The van der Waals surface area contributed by atoms with Crippen LogP contribution in [-0.4, -0.2) is 70.5 Å². The number of fused-ring (bicyclic) bond motifs is 1. The molecule has 5 unspecified atom stereocenters. The summed E-state index contributed by atoms with van der Waals surface area (Å²) in [5.41, 5.74) is 18.5. The van der Waals surface area contributed by atoms with Gasteiger partial charge < -0.3 is 43.2 Å². The summed E-state index contributed by atoms with van der Waals surface area (Å²) in [6.45, 7) is 5.28. The molecule has 5 atom stereocenters. The zero-order valence-electron chi connectivity index (χ0n) is 22.6. The molecule has 0 aliphatic rings. The van der Waals surface area contributed by atoms with Crippen LogP contribution in [0.3, 0.4) is 0 Å². The van der Waals surface area contributed by atoms with Crippen molar-refractivity contribution >= 4 is 40.6 Å². The smallest absolute Gasteiger partial charge is 0.325 e. The summed E-state index contributed by atoms with van der Waals surface area (Å²) in [5, 5.41) is 17.9. The number of carboxylic acids is 1. The number of aliphatic imine (C=N–C) groups is 1. The van der Waals surface area contributed by atoms with Crippen LogP contribution in [0.2, 0.25) is 0 Å². The second-order valence-corrected chi connectivity index (χ2v) is 9.61. The molecule has 0 saturated carbocycles. The van der Waals surface area contributed by atoms with Crippen molar-refractivity contribution < 1.29 is 24.3 Å². The molecule has 39 heavy (non-hydrogen) atoms.